The van der Waals surface area contributed by atoms with Crippen LogP contribution in [0.2, 0.25) is 5.02 Å². The van der Waals surface area contributed by atoms with E-state index in [2.05, 4.69) is 36.2 Å². The van der Waals surface area contributed by atoms with Crippen molar-refractivity contribution in [3.05, 3.63) is 70.2 Å². The van der Waals surface area contributed by atoms with E-state index >= 15 is 0 Å². The van der Waals surface area contributed by atoms with Gasteiger partial charge in [0.25, 0.3) is 5.91 Å². The molecule has 0 saturated carbocycles. The van der Waals surface area contributed by atoms with Crippen molar-refractivity contribution >= 4 is 23.4 Å². The first-order valence-corrected chi connectivity index (χ1v) is 10.3. The van der Waals surface area contributed by atoms with Gasteiger partial charge in [-0.15, -0.1) is 0 Å². The number of nitrogens with zero attached hydrogens (tertiary/aromatic N) is 2. The Balaban J connectivity index is 1.30. The molecule has 0 bridgehead atoms. The molecule has 0 aromatic heterocycles. The Hall–Kier alpha value is -2.33. The van der Waals surface area contributed by atoms with Crippen LogP contribution in [0.25, 0.3) is 0 Å². The molecule has 0 spiro atoms. The Morgan fingerprint density at radius 2 is 1.79 bits per heavy atom. The molecule has 0 aliphatic carbocycles. The fraction of sp³-hybridized carbons (Fsp3) is 0.391. The first-order chi connectivity index (χ1) is 13.6. The predicted molar refractivity (Wildman–Crippen MR) is 112 cm³/mol. The van der Waals surface area contributed by atoms with Crippen molar-refractivity contribution in [2.24, 2.45) is 10.9 Å². The molecule has 4 rings (SSSR count). The highest BCUT2D eigenvalue weighted by molar-refractivity contribution is 6.30. The van der Waals surface area contributed by atoms with Crippen molar-refractivity contribution in [2.45, 2.75) is 32.2 Å². The lowest BCUT2D eigenvalue weighted by Gasteiger charge is -2.32. The highest BCUT2D eigenvalue weighted by Gasteiger charge is 2.24. The number of ether oxygens (including phenoxy) is 1. The Labute approximate surface area is 171 Å². The molecule has 0 N–H and O–H groups in total. The lowest BCUT2D eigenvalue weighted by molar-refractivity contribution is 0.0690. The van der Waals surface area contributed by atoms with Crippen molar-refractivity contribution in [2.75, 3.05) is 19.7 Å². The molecule has 1 fully saturated rings. The van der Waals surface area contributed by atoms with Crippen molar-refractivity contribution in [1.82, 2.24) is 4.90 Å². The fourth-order valence-electron chi connectivity index (χ4n) is 3.86. The van der Waals surface area contributed by atoms with Gasteiger partial charge in [0, 0.05) is 29.2 Å². The van der Waals surface area contributed by atoms with Crippen LogP contribution in [0.1, 0.15) is 41.3 Å². The number of carbonyl (C=O) groups excluding carboxylic acids is 1. The van der Waals surface area contributed by atoms with Gasteiger partial charge in [-0.3, -0.25) is 4.79 Å². The Morgan fingerprint density at radius 1 is 1.11 bits per heavy atom. The monoisotopic (exact) mass is 396 g/mol. The topological polar surface area (TPSA) is 41.9 Å². The highest BCUT2D eigenvalue weighted by atomic mass is 35.5. The Kier molecular flexibility index (Phi) is 5.67. The minimum absolute atomic E-state index is 0.103. The molecule has 1 saturated heterocycles. The van der Waals surface area contributed by atoms with Crippen LogP contribution >= 0.6 is 11.6 Å². The molecule has 2 heterocycles. The maximum atomic E-state index is 12.6. The molecule has 2 aliphatic heterocycles. The maximum Gasteiger partial charge on any atom is 0.253 e. The van der Waals surface area contributed by atoms with E-state index in [9.17, 15) is 4.79 Å². The molecule has 2 aliphatic rings. The number of benzene rings is 2. The number of rotatable bonds is 4. The van der Waals surface area contributed by atoms with Crippen LogP contribution in [-0.2, 0) is 11.2 Å². The molecule has 2 aromatic carbocycles. The summed E-state index contributed by atoms with van der Waals surface area (Å²) < 4.78 is 5.62. The summed E-state index contributed by atoms with van der Waals surface area (Å²) in [5.41, 5.74) is 3.10. The third-order valence-electron chi connectivity index (χ3n) is 5.52. The minimum Gasteiger partial charge on any atom is -0.475 e. The lowest BCUT2D eigenvalue weighted by Crippen LogP contribution is -2.38. The molecule has 4 nitrogen and oxygen atoms in total. The van der Waals surface area contributed by atoms with E-state index < -0.39 is 0 Å². The van der Waals surface area contributed by atoms with Gasteiger partial charge in [0.15, 0.2) is 0 Å². The average Bonchev–Trinajstić information content (AvgIpc) is 3.15. The quantitative estimate of drug-likeness (QED) is 0.757. The van der Waals surface area contributed by atoms with E-state index in [4.69, 9.17) is 16.3 Å². The van der Waals surface area contributed by atoms with Crippen LogP contribution in [0.15, 0.2) is 53.5 Å². The van der Waals surface area contributed by atoms with Crippen molar-refractivity contribution < 1.29 is 9.53 Å². The molecule has 0 unspecified atom stereocenters. The van der Waals surface area contributed by atoms with E-state index in [1.807, 2.05) is 4.90 Å². The number of halogens is 1. The van der Waals surface area contributed by atoms with Gasteiger partial charge in [0.05, 0.1) is 6.04 Å². The average molecular weight is 397 g/mol. The van der Waals surface area contributed by atoms with Crippen LogP contribution < -0.4 is 0 Å². The number of hydrogen-bond acceptors (Lipinski definition) is 3. The summed E-state index contributed by atoms with van der Waals surface area (Å²) in [6, 6.07) is 16.0. The summed E-state index contributed by atoms with van der Waals surface area (Å²) in [6.45, 7) is 4.36. The zero-order chi connectivity index (χ0) is 19.5. The van der Waals surface area contributed by atoms with E-state index in [-0.39, 0.29) is 11.9 Å². The lowest BCUT2D eigenvalue weighted by atomic mass is 9.89. The van der Waals surface area contributed by atoms with Gasteiger partial charge < -0.3 is 9.64 Å². The first-order valence-electron chi connectivity index (χ1n) is 9.93. The zero-order valence-corrected chi connectivity index (χ0v) is 16.9. The molecule has 1 atom stereocenters. The van der Waals surface area contributed by atoms with Crippen LogP contribution in [0.3, 0.4) is 0 Å². The second kappa shape index (κ2) is 8.36. The fourth-order valence-corrected chi connectivity index (χ4v) is 3.99. The smallest absolute Gasteiger partial charge is 0.253 e. The largest absolute Gasteiger partial charge is 0.475 e. The van der Waals surface area contributed by atoms with Gasteiger partial charge in [-0.05, 0) is 74.1 Å². The summed E-state index contributed by atoms with van der Waals surface area (Å²) in [4.78, 5) is 19.1. The molecular formula is C23H25ClN2O2. The summed E-state index contributed by atoms with van der Waals surface area (Å²) >= 11 is 5.91. The normalized spacial score (nSPS) is 20.0. The van der Waals surface area contributed by atoms with Crippen molar-refractivity contribution in [3.8, 4) is 0 Å². The second-order valence-electron chi connectivity index (χ2n) is 7.74. The molecule has 2 aromatic rings. The number of aliphatic imine (C=N–C) groups is 1. The third-order valence-corrected chi connectivity index (χ3v) is 5.77. The maximum absolute atomic E-state index is 12.6. The van der Waals surface area contributed by atoms with Crippen LogP contribution in [0, 0.1) is 5.92 Å². The number of likely N-dealkylation sites (tertiary alicyclic amines) is 1. The van der Waals surface area contributed by atoms with E-state index in [0.29, 0.717) is 23.1 Å². The molecular weight excluding hydrogens is 372 g/mol. The van der Waals surface area contributed by atoms with Gasteiger partial charge in [0.2, 0.25) is 5.90 Å². The molecule has 146 valence electrons. The van der Waals surface area contributed by atoms with Crippen molar-refractivity contribution in [1.29, 1.82) is 0 Å². The first kappa shape index (κ1) is 19.0. The van der Waals surface area contributed by atoms with E-state index in [1.54, 1.807) is 24.3 Å². The van der Waals surface area contributed by atoms with E-state index in [1.165, 1.54) is 5.56 Å². The zero-order valence-electron chi connectivity index (χ0n) is 16.1. The summed E-state index contributed by atoms with van der Waals surface area (Å²) in [6.07, 6.45) is 3.12. The predicted octanol–water partition coefficient (Wildman–Crippen LogP) is 4.60. The van der Waals surface area contributed by atoms with E-state index in [0.717, 1.165) is 43.8 Å². The molecule has 1 amide bonds. The molecule has 0 radical (unpaired) electrons. The van der Waals surface area contributed by atoms with Gasteiger partial charge >= 0.3 is 0 Å². The second-order valence-corrected chi connectivity index (χ2v) is 8.17. The summed E-state index contributed by atoms with van der Waals surface area (Å²) in [7, 11) is 0. The number of piperidine rings is 1. The van der Waals surface area contributed by atoms with Gasteiger partial charge in [-0.2, -0.15) is 0 Å². The summed E-state index contributed by atoms with van der Waals surface area (Å²) in [5.74, 6) is 1.47. The van der Waals surface area contributed by atoms with Gasteiger partial charge in [0.1, 0.15) is 6.61 Å². The number of amides is 1. The molecule has 5 heteroatoms. The van der Waals surface area contributed by atoms with Crippen LogP contribution in [0.5, 0.6) is 0 Å². The van der Waals surface area contributed by atoms with Gasteiger partial charge in [-0.1, -0.05) is 23.7 Å². The van der Waals surface area contributed by atoms with Gasteiger partial charge in [-0.25, -0.2) is 4.99 Å². The number of carbonyl (C=O) groups is 1. The standard InChI is InChI=1S/C23H25ClN2O2/c1-16-15-28-22(25-16)19-4-2-17(3-5-19)14-18-10-12-26(13-11-18)23(27)20-6-8-21(24)9-7-20/h2-9,16,18H,10-15H2,1H3/t16-/m1/s1. The highest BCUT2D eigenvalue weighted by Crippen LogP contribution is 2.24. The summed E-state index contributed by atoms with van der Waals surface area (Å²) in [5, 5.41) is 0.655. The Morgan fingerprint density at radius 3 is 2.39 bits per heavy atom. The third kappa shape index (κ3) is 4.39. The minimum atomic E-state index is 0.103. The molecule has 28 heavy (non-hydrogen) atoms. The SMILES string of the molecule is C[C@@H]1COC(c2ccc(CC3CCN(C(=O)c4ccc(Cl)cc4)CC3)cc2)=N1. The van der Waals surface area contributed by atoms with Crippen LogP contribution in [0.4, 0.5) is 0 Å². The van der Waals surface area contributed by atoms with Crippen LogP contribution in [-0.4, -0.2) is 42.4 Å². The Bertz CT molecular complexity index is 853. The number of hydrogen-bond donors (Lipinski definition) is 0. The van der Waals surface area contributed by atoms with Crippen molar-refractivity contribution in [3.63, 3.8) is 0 Å².